The van der Waals surface area contributed by atoms with Gasteiger partial charge in [0.25, 0.3) is 5.92 Å². The Morgan fingerprint density at radius 2 is 1.11 bits per heavy atom. The van der Waals surface area contributed by atoms with E-state index in [9.17, 15) is 47.9 Å². The lowest BCUT2D eigenvalue weighted by Crippen LogP contribution is -2.79. The molecule has 0 radical (unpaired) electrons. The number of amides is 2. The standard InChI is InChI=1S/C75H116F2N2O21/c1-10-12-14-16-18-20-22-24-26-28-30-32-34-36-41-45-60(97-71(88)58-43-39-38-40-44-58)59(79-64(87)46-42-37-35-33-31-29-27-25-23-21-19-17-15-13-11-2)48-92-72-69(96-57(9)86)65-67(62(98-72)49-90-52(4)81)99-73(89)74(75(65,76)77)47-61(93-54(6)83)66(78-51(3)80)70(100-74)68(95-56(8)85)63(94-55(7)84)50-91-53(5)82/h38-41,43-45,59-63,65-70,72H,10-37,42,46-50H2,1-9H3,(H,78,80)(H,79,87)/b45-41+/t59-,60+,61-,62+,63+,65-,66+,67+,68+,69+,70+,72-,74?/m0/s1. The Kier molecular flexibility index (Phi) is 40.2. The lowest BCUT2D eigenvalue weighted by atomic mass is 9.69. The van der Waals surface area contributed by atoms with Crippen LogP contribution >= 0.6 is 0 Å². The molecule has 3 fully saturated rings. The maximum Gasteiger partial charge on any atom is 0.345 e. The van der Waals surface area contributed by atoms with Gasteiger partial charge >= 0.3 is 47.8 Å². The van der Waals surface area contributed by atoms with Crippen molar-refractivity contribution in [3.05, 3.63) is 48.0 Å². The van der Waals surface area contributed by atoms with Crippen LogP contribution in [0.5, 0.6) is 0 Å². The molecule has 0 aliphatic carbocycles. The maximum absolute atomic E-state index is 19.1. The van der Waals surface area contributed by atoms with Gasteiger partial charge in [-0.15, -0.1) is 0 Å². The Morgan fingerprint density at radius 1 is 0.600 bits per heavy atom. The highest BCUT2D eigenvalue weighted by Gasteiger charge is 2.79. The van der Waals surface area contributed by atoms with Gasteiger partial charge in [0.15, 0.2) is 24.6 Å². The Labute approximate surface area is 590 Å². The highest BCUT2D eigenvalue weighted by molar-refractivity contribution is 5.89. The lowest BCUT2D eigenvalue weighted by Gasteiger charge is -2.58. The van der Waals surface area contributed by atoms with Crippen molar-refractivity contribution in [2.24, 2.45) is 5.92 Å². The van der Waals surface area contributed by atoms with E-state index in [1.165, 1.54) is 109 Å². The molecule has 3 heterocycles. The first-order valence-corrected chi connectivity index (χ1v) is 36.8. The second-order valence-corrected chi connectivity index (χ2v) is 26.9. The Bertz CT molecular complexity index is 2700. The van der Waals surface area contributed by atoms with E-state index >= 15 is 8.78 Å². The fourth-order valence-corrected chi connectivity index (χ4v) is 13.3. The van der Waals surface area contributed by atoms with Crippen molar-refractivity contribution in [2.45, 2.75) is 340 Å². The second-order valence-electron chi connectivity index (χ2n) is 26.9. The van der Waals surface area contributed by atoms with Crippen LogP contribution in [0.1, 0.15) is 272 Å². The summed E-state index contributed by atoms with van der Waals surface area (Å²) in [4.78, 5) is 133. The molecule has 100 heavy (non-hydrogen) atoms. The van der Waals surface area contributed by atoms with Crippen molar-refractivity contribution >= 4 is 59.6 Å². The first-order chi connectivity index (χ1) is 47.8. The van der Waals surface area contributed by atoms with Gasteiger partial charge in [0.1, 0.15) is 49.7 Å². The number of carbonyl (C=O) groups excluding carboxylic acids is 10. The number of carbonyl (C=O) groups is 10. The first kappa shape index (κ1) is 85.8. The molecule has 0 saturated carbocycles. The highest BCUT2D eigenvalue weighted by Crippen LogP contribution is 2.56. The number of ether oxygens (including phenoxy) is 11. The van der Waals surface area contributed by atoms with Crippen molar-refractivity contribution in [1.29, 1.82) is 0 Å². The molecule has 0 aromatic heterocycles. The van der Waals surface area contributed by atoms with Gasteiger partial charge in [0.05, 0.1) is 24.3 Å². The minimum absolute atomic E-state index is 0.0441. The first-order valence-electron chi connectivity index (χ1n) is 36.8. The van der Waals surface area contributed by atoms with Crippen LogP contribution in [0.25, 0.3) is 0 Å². The van der Waals surface area contributed by atoms with Crippen molar-refractivity contribution < 1.29 is 109 Å². The number of benzene rings is 1. The number of halogens is 2. The van der Waals surface area contributed by atoms with E-state index < -0.39 is 170 Å². The van der Waals surface area contributed by atoms with E-state index in [4.69, 9.17) is 52.1 Å². The number of alkyl halides is 2. The molecule has 2 N–H and O–H groups in total. The molecule has 3 aliphatic heterocycles. The van der Waals surface area contributed by atoms with Crippen LogP contribution in [-0.2, 0) is 95.3 Å². The number of allylic oxidation sites excluding steroid dienone is 1. The molecule has 1 aromatic rings. The monoisotopic (exact) mass is 1420 g/mol. The van der Waals surface area contributed by atoms with Gasteiger partial charge in [0, 0.05) is 61.3 Å². The summed E-state index contributed by atoms with van der Waals surface area (Å²) in [6, 6.07) is 4.97. The molecule has 1 spiro atoms. The molecule has 3 aliphatic rings. The fourth-order valence-electron chi connectivity index (χ4n) is 13.3. The Hall–Kier alpha value is -6.60. The van der Waals surface area contributed by atoms with Crippen molar-refractivity contribution in [3.63, 3.8) is 0 Å². The van der Waals surface area contributed by atoms with Crippen molar-refractivity contribution in [2.75, 3.05) is 19.8 Å². The summed E-state index contributed by atoms with van der Waals surface area (Å²) >= 11 is 0. The number of nitrogens with one attached hydrogen (secondary N) is 2. The zero-order valence-electron chi connectivity index (χ0n) is 60.8. The number of hydrogen-bond donors (Lipinski definition) is 2. The molecule has 566 valence electrons. The van der Waals surface area contributed by atoms with E-state index in [0.717, 1.165) is 113 Å². The molecular formula is C75H116F2N2O21. The van der Waals surface area contributed by atoms with Gasteiger partial charge in [-0.05, 0) is 37.5 Å². The van der Waals surface area contributed by atoms with Gasteiger partial charge in [-0.3, -0.25) is 38.4 Å². The second kappa shape index (κ2) is 46.8. The summed E-state index contributed by atoms with van der Waals surface area (Å²) in [6.45, 7) is 8.54. The number of rotatable bonds is 49. The van der Waals surface area contributed by atoms with E-state index in [1.807, 2.05) is 6.08 Å². The summed E-state index contributed by atoms with van der Waals surface area (Å²) < 4.78 is 102. The number of fused-ring (bicyclic) bond motifs is 1. The van der Waals surface area contributed by atoms with E-state index in [1.54, 1.807) is 36.4 Å². The average Bonchev–Trinajstić information content (AvgIpc) is 0.696. The van der Waals surface area contributed by atoms with Gasteiger partial charge in [-0.2, -0.15) is 0 Å². The minimum Gasteiger partial charge on any atom is -0.463 e. The SMILES string of the molecule is CCCCCCCCCCCCCCC/C=C/[C@@H](OC(=O)c1ccccc1)[C@H](CO[C@H]1O[C@H](COC(C)=O)[C@H]2OC(=O)C3(C[C@H](OC(C)=O)[C@@H](NC(C)=O)[C@H]([C@H](OC(C)=O)[C@@H](COC(C)=O)OC(C)=O)O3)C(F)(F)[C@@H]2[C@H]1OC(C)=O)NC(=O)CCCCCCCCCCCCCCCCC. The van der Waals surface area contributed by atoms with Crippen LogP contribution in [0.3, 0.4) is 0 Å². The normalized spacial score (nSPS) is 22.8. The molecule has 25 heteroatoms. The molecule has 2 amide bonds. The van der Waals surface area contributed by atoms with E-state index in [0.29, 0.717) is 12.8 Å². The molecule has 13 atom stereocenters. The average molecular weight is 1420 g/mol. The third-order valence-corrected chi connectivity index (χ3v) is 18.2. The predicted molar refractivity (Wildman–Crippen MR) is 365 cm³/mol. The molecule has 4 rings (SSSR count). The van der Waals surface area contributed by atoms with Crippen LogP contribution < -0.4 is 10.6 Å². The van der Waals surface area contributed by atoms with Crippen LogP contribution in [0, 0.1) is 5.92 Å². The number of hydrogen-bond acceptors (Lipinski definition) is 21. The zero-order chi connectivity index (χ0) is 73.5. The van der Waals surface area contributed by atoms with Crippen LogP contribution in [0.15, 0.2) is 42.5 Å². The summed E-state index contributed by atoms with van der Waals surface area (Å²) in [5.41, 5.74) is -3.54. The third-order valence-electron chi connectivity index (χ3n) is 18.2. The lowest BCUT2D eigenvalue weighted by molar-refractivity contribution is -0.378. The number of unbranched alkanes of at least 4 members (excludes halogenated alkanes) is 27. The molecule has 23 nitrogen and oxygen atoms in total. The zero-order valence-corrected chi connectivity index (χ0v) is 60.8. The highest BCUT2D eigenvalue weighted by atomic mass is 19.3. The molecule has 1 unspecified atom stereocenters. The quantitative estimate of drug-likeness (QED) is 0.0265. The maximum atomic E-state index is 19.1. The molecule has 1 aromatic carbocycles. The smallest absolute Gasteiger partial charge is 0.345 e. The topological polar surface area (TPSA) is 296 Å². The largest absolute Gasteiger partial charge is 0.463 e. The van der Waals surface area contributed by atoms with Gasteiger partial charge < -0.3 is 62.7 Å². The van der Waals surface area contributed by atoms with Gasteiger partial charge in [-0.25, -0.2) is 18.4 Å². The molecular weight excluding hydrogens is 1300 g/mol. The Balaban J connectivity index is 1.77. The summed E-state index contributed by atoms with van der Waals surface area (Å²) in [5.74, 6) is -17.8. The minimum atomic E-state index is -4.76. The van der Waals surface area contributed by atoms with E-state index in [2.05, 4.69) is 24.5 Å². The number of esters is 8. The van der Waals surface area contributed by atoms with Crippen molar-refractivity contribution in [3.8, 4) is 0 Å². The predicted octanol–water partition coefficient (Wildman–Crippen LogP) is 12.8. The van der Waals surface area contributed by atoms with Crippen LogP contribution in [-0.4, -0.2) is 158 Å². The van der Waals surface area contributed by atoms with E-state index in [-0.39, 0.29) is 12.0 Å². The Morgan fingerprint density at radius 3 is 1.60 bits per heavy atom. The summed E-state index contributed by atoms with van der Waals surface area (Å²) in [7, 11) is 0. The van der Waals surface area contributed by atoms with Crippen LogP contribution in [0.4, 0.5) is 8.78 Å². The third kappa shape index (κ3) is 30.1. The van der Waals surface area contributed by atoms with Gasteiger partial charge in [-0.1, -0.05) is 205 Å². The summed E-state index contributed by atoms with van der Waals surface area (Å²) in [5, 5.41) is 5.42. The van der Waals surface area contributed by atoms with Crippen molar-refractivity contribution in [1.82, 2.24) is 10.6 Å². The fraction of sp³-hybridized carbons (Fsp3) is 0.760. The van der Waals surface area contributed by atoms with Crippen LogP contribution in [0.2, 0.25) is 0 Å². The van der Waals surface area contributed by atoms with Gasteiger partial charge in [0.2, 0.25) is 17.4 Å². The molecule has 3 saturated heterocycles. The summed E-state index contributed by atoms with van der Waals surface area (Å²) in [6.07, 6.45) is 16.1. The molecule has 0 bridgehead atoms.